The lowest BCUT2D eigenvalue weighted by Gasteiger charge is -1.93. The molecule has 0 saturated carbocycles. The second kappa shape index (κ2) is 4.33. The van der Waals surface area contributed by atoms with Gasteiger partial charge < -0.3 is 4.98 Å². The largest absolute Gasteiger partial charge is 0.337 e. The predicted molar refractivity (Wildman–Crippen MR) is 83.9 cm³/mol. The van der Waals surface area contributed by atoms with Gasteiger partial charge in [0.2, 0.25) is 0 Å². The summed E-state index contributed by atoms with van der Waals surface area (Å²) in [6.07, 6.45) is 0. The van der Waals surface area contributed by atoms with Crippen molar-refractivity contribution in [3.8, 4) is 11.5 Å². The number of fused-ring (bicyclic) bond motifs is 2. The summed E-state index contributed by atoms with van der Waals surface area (Å²) in [4.78, 5) is 7.83. The van der Waals surface area contributed by atoms with Crippen LogP contribution < -0.4 is 0 Å². The van der Waals surface area contributed by atoms with E-state index in [2.05, 4.69) is 36.1 Å². The van der Waals surface area contributed by atoms with E-state index in [0.29, 0.717) is 5.02 Å². The van der Waals surface area contributed by atoms with Crippen LogP contribution in [0.5, 0.6) is 0 Å². The molecule has 2 heterocycles. The maximum absolute atomic E-state index is 5.99. The van der Waals surface area contributed by atoms with E-state index in [-0.39, 0.29) is 0 Å². The Bertz CT molecular complexity index is 941. The highest BCUT2D eigenvalue weighted by Gasteiger charge is 2.12. The first-order valence-electron chi connectivity index (χ1n) is 6.00. The molecular formula is C14H8BrClN4. The van der Waals surface area contributed by atoms with Crippen molar-refractivity contribution in [1.82, 2.24) is 20.2 Å². The maximum atomic E-state index is 5.99. The number of halogens is 2. The van der Waals surface area contributed by atoms with Crippen LogP contribution >= 0.6 is 27.5 Å². The van der Waals surface area contributed by atoms with E-state index in [0.717, 1.165) is 37.9 Å². The van der Waals surface area contributed by atoms with E-state index < -0.39 is 0 Å². The first kappa shape index (κ1) is 11.9. The first-order valence-corrected chi connectivity index (χ1v) is 7.17. The third-order valence-corrected chi connectivity index (χ3v) is 3.92. The minimum absolute atomic E-state index is 0.671. The highest BCUT2D eigenvalue weighted by atomic mass is 79.9. The smallest absolute Gasteiger partial charge is 0.159 e. The molecule has 0 unspecified atom stereocenters. The Morgan fingerprint density at radius 1 is 1.05 bits per heavy atom. The molecule has 0 aliphatic rings. The summed E-state index contributed by atoms with van der Waals surface area (Å²) in [6, 6.07) is 11.6. The van der Waals surface area contributed by atoms with E-state index >= 15 is 0 Å². The molecule has 0 bridgehead atoms. The van der Waals surface area contributed by atoms with Crippen LogP contribution in [-0.2, 0) is 0 Å². The summed E-state index contributed by atoms with van der Waals surface area (Å²) in [5.74, 6) is 0.728. The fraction of sp³-hybridized carbons (Fsp3) is 0. The molecule has 4 rings (SSSR count). The number of hydrogen-bond acceptors (Lipinski definition) is 2. The zero-order chi connectivity index (χ0) is 13.7. The van der Waals surface area contributed by atoms with Gasteiger partial charge in [-0.3, -0.25) is 5.10 Å². The number of nitrogens with zero attached hydrogens (tertiary/aromatic N) is 2. The third-order valence-electron chi connectivity index (χ3n) is 3.19. The number of nitrogens with one attached hydrogen (secondary N) is 2. The highest BCUT2D eigenvalue weighted by molar-refractivity contribution is 9.10. The van der Waals surface area contributed by atoms with E-state index in [9.17, 15) is 0 Å². The molecule has 0 atom stereocenters. The monoisotopic (exact) mass is 346 g/mol. The van der Waals surface area contributed by atoms with Gasteiger partial charge in [0.1, 0.15) is 5.69 Å². The van der Waals surface area contributed by atoms with Gasteiger partial charge in [-0.2, -0.15) is 5.10 Å². The Labute approximate surface area is 127 Å². The van der Waals surface area contributed by atoms with Crippen molar-refractivity contribution in [1.29, 1.82) is 0 Å². The van der Waals surface area contributed by atoms with Crippen LogP contribution in [0.3, 0.4) is 0 Å². The number of H-pyrrole nitrogens is 2. The zero-order valence-corrected chi connectivity index (χ0v) is 12.5. The van der Waals surface area contributed by atoms with Crippen LogP contribution in [0.1, 0.15) is 0 Å². The number of aromatic nitrogens is 4. The van der Waals surface area contributed by atoms with Crippen LogP contribution in [0, 0.1) is 0 Å². The van der Waals surface area contributed by atoms with Crippen molar-refractivity contribution in [2.24, 2.45) is 0 Å². The Balaban J connectivity index is 1.98. The van der Waals surface area contributed by atoms with Crippen LogP contribution in [0.15, 0.2) is 40.9 Å². The van der Waals surface area contributed by atoms with Crippen molar-refractivity contribution in [2.75, 3.05) is 0 Å². The summed E-state index contributed by atoms with van der Waals surface area (Å²) < 4.78 is 1.01. The average Bonchev–Trinajstić information content (AvgIpc) is 3.00. The van der Waals surface area contributed by atoms with Crippen molar-refractivity contribution in [3.63, 3.8) is 0 Å². The Morgan fingerprint density at radius 2 is 1.90 bits per heavy atom. The van der Waals surface area contributed by atoms with Crippen LogP contribution in [-0.4, -0.2) is 20.2 Å². The standard InChI is InChI=1S/C14H8BrClN4/c15-7-1-3-10-9(5-7)13(20-19-10)14-17-11-4-2-8(16)6-12(11)18-14/h1-6H,(H,17,18)(H,19,20). The molecule has 0 saturated heterocycles. The molecule has 2 N–H and O–H groups in total. The summed E-state index contributed by atoms with van der Waals surface area (Å²) in [5, 5.41) is 9.05. The van der Waals surface area contributed by atoms with Gasteiger partial charge >= 0.3 is 0 Å². The minimum Gasteiger partial charge on any atom is -0.337 e. The molecule has 2 aromatic carbocycles. The van der Waals surface area contributed by atoms with Gasteiger partial charge in [0.05, 0.1) is 16.6 Å². The van der Waals surface area contributed by atoms with Crippen molar-refractivity contribution < 1.29 is 0 Å². The minimum atomic E-state index is 0.671. The van der Waals surface area contributed by atoms with Crippen molar-refractivity contribution in [3.05, 3.63) is 45.9 Å². The molecule has 0 radical (unpaired) electrons. The molecule has 0 spiro atoms. The number of benzene rings is 2. The fourth-order valence-electron chi connectivity index (χ4n) is 2.26. The molecular weight excluding hydrogens is 340 g/mol. The first-order chi connectivity index (χ1) is 9.70. The fourth-order valence-corrected chi connectivity index (χ4v) is 2.79. The molecule has 0 aliphatic heterocycles. The average molecular weight is 348 g/mol. The molecule has 0 amide bonds. The lowest BCUT2D eigenvalue weighted by molar-refractivity contribution is 1.11. The Hall–Kier alpha value is -1.85. The van der Waals surface area contributed by atoms with Crippen molar-refractivity contribution >= 4 is 49.5 Å². The summed E-state index contributed by atoms with van der Waals surface area (Å²) in [5.41, 5.74) is 3.55. The topological polar surface area (TPSA) is 57.4 Å². The number of imidazole rings is 1. The molecule has 20 heavy (non-hydrogen) atoms. The van der Waals surface area contributed by atoms with E-state index in [1.165, 1.54) is 0 Å². The highest BCUT2D eigenvalue weighted by Crippen LogP contribution is 2.28. The zero-order valence-electron chi connectivity index (χ0n) is 10.1. The van der Waals surface area contributed by atoms with Gasteiger partial charge in [0.25, 0.3) is 0 Å². The van der Waals surface area contributed by atoms with Crippen LogP contribution in [0.25, 0.3) is 33.5 Å². The number of aromatic amines is 2. The summed E-state index contributed by atoms with van der Waals surface area (Å²) in [7, 11) is 0. The Morgan fingerprint density at radius 3 is 2.80 bits per heavy atom. The van der Waals surface area contributed by atoms with Crippen molar-refractivity contribution in [2.45, 2.75) is 0 Å². The molecule has 4 aromatic rings. The van der Waals surface area contributed by atoms with E-state index in [1.54, 1.807) is 0 Å². The normalized spacial score (nSPS) is 11.5. The van der Waals surface area contributed by atoms with Gasteiger partial charge in [-0.05, 0) is 36.4 Å². The predicted octanol–water partition coefficient (Wildman–Crippen LogP) is 4.52. The maximum Gasteiger partial charge on any atom is 0.159 e. The van der Waals surface area contributed by atoms with Crippen LogP contribution in [0.2, 0.25) is 5.02 Å². The summed E-state index contributed by atoms with van der Waals surface area (Å²) in [6.45, 7) is 0. The SMILES string of the molecule is Clc1ccc2[nH]c(-c3n[nH]c4ccc(Br)cc34)nc2c1. The van der Waals surface area contributed by atoms with Crippen LogP contribution in [0.4, 0.5) is 0 Å². The molecule has 0 fully saturated rings. The van der Waals surface area contributed by atoms with Gasteiger partial charge in [-0.1, -0.05) is 27.5 Å². The van der Waals surface area contributed by atoms with E-state index in [1.807, 2.05) is 36.4 Å². The second-order valence-corrected chi connectivity index (χ2v) is 5.86. The van der Waals surface area contributed by atoms with Gasteiger partial charge in [-0.25, -0.2) is 4.98 Å². The Kier molecular flexibility index (Phi) is 2.58. The van der Waals surface area contributed by atoms with Gasteiger partial charge in [-0.15, -0.1) is 0 Å². The second-order valence-electron chi connectivity index (χ2n) is 4.51. The molecule has 98 valence electrons. The summed E-state index contributed by atoms with van der Waals surface area (Å²) >= 11 is 9.47. The molecule has 6 heteroatoms. The van der Waals surface area contributed by atoms with Gasteiger partial charge in [0.15, 0.2) is 5.82 Å². The van der Waals surface area contributed by atoms with Gasteiger partial charge in [0, 0.05) is 14.9 Å². The molecule has 2 aromatic heterocycles. The lowest BCUT2D eigenvalue weighted by Crippen LogP contribution is -1.81. The molecule has 4 nitrogen and oxygen atoms in total. The number of rotatable bonds is 1. The lowest BCUT2D eigenvalue weighted by atomic mass is 10.2. The number of hydrogen-bond donors (Lipinski definition) is 2. The van der Waals surface area contributed by atoms with E-state index in [4.69, 9.17) is 11.6 Å². The third kappa shape index (κ3) is 1.82. The molecule has 0 aliphatic carbocycles. The quantitative estimate of drug-likeness (QED) is 0.532.